The Balaban J connectivity index is 0.00000144. The molecule has 2 aliphatic carbocycles. The molecule has 0 saturated heterocycles. The fourth-order valence-electron chi connectivity index (χ4n) is 3.63. The van der Waals surface area contributed by atoms with Gasteiger partial charge in [0.25, 0.3) is 0 Å². The first-order chi connectivity index (χ1) is 7.65. The number of Topliss-reactive ketones (excluding diaryl/α,β-unsaturated/α-hetero) is 1. The van der Waals surface area contributed by atoms with Crippen LogP contribution in [0.5, 0.6) is 0 Å². The lowest BCUT2D eigenvalue weighted by molar-refractivity contribution is -0.120. The van der Waals surface area contributed by atoms with E-state index in [9.17, 15) is 4.79 Å². The van der Waals surface area contributed by atoms with E-state index in [0.29, 0.717) is 11.7 Å². The second-order valence-electron chi connectivity index (χ2n) is 6.41. The quantitative estimate of drug-likeness (QED) is 0.648. The zero-order chi connectivity index (χ0) is 11.5. The number of carbonyl (C=O) groups is 1. The van der Waals surface area contributed by atoms with Gasteiger partial charge in [-0.15, -0.1) is 0 Å². The second kappa shape index (κ2) is 6.53. The SMILES string of the molecule is CC1CCC([C@@H]2CCC(C)CC(=O)C2)CC1.O. The zero-order valence-electron chi connectivity index (χ0n) is 11.4. The van der Waals surface area contributed by atoms with Crippen molar-refractivity contribution in [1.82, 2.24) is 0 Å². The Kier molecular flexibility index (Phi) is 5.64. The molecule has 2 rings (SSSR count). The molecule has 2 aliphatic rings. The number of hydrogen-bond donors (Lipinski definition) is 0. The van der Waals surface area contributed by atoms with Crippen LogP contribution in [0.3, 0.4) is 0 Å². The van der Waals surface area contributed by atoms with Crippen molar-refractivity contribution in [2.24, 2.45) is 23.7 Å². The topological polar surface area (TPSA) is 48.6 Å². The standard InChI is InChI=1S/C15H26O.H2O/c1-11-3-6-13(7-4-11)14-8-5-12(2)9-15(16)10-14;/h11-14H,3-10H2,1-2H3;1H2/t11?,12?,13?,14-;/m1./s1. The largest absolute Gasteiger partial charge is 0.412 e. The van der Waals surface area contributed by atoms with Crippen LogP contribution in [0.4, 0.5) is 0 Å². The minimum Gasteiger partial charge on any atom is -0.412 e. The van der Waals surface area contributed by atoms with E-state index >= 15 is 0 Å². The van der Waals surface area contributed by atoms with Crippen molar-refractivity contribution in [2.75, 3.05) is 0 Å². The van der Waals surface area contributed by atoms with E-state index in [0.717, 1.165) is 30.6 Å². The smallest absolute Gasteiger partial charge is 0.133 e. The van der Waals surface area contributed by atoms with Crippen LogP contribution in [0, 0.1) is 23.7 Å². The zero-order valence-corrected chi connectivity index (χ0v) is 11.4. The average Bonchev–Trinajstić information content (AvgIpc) is 2.41. The van der Waals surface area contributed by atoms with Gasteiger partial charge in [0.05, 0.1) is 0 Å². The van der Waals surface area contributed by atoms with Crippen molar-refractivity contribution in [2.45, 2.75) is 65.2 Å². The molecule has 0 spiro atoms. The van der Waals surface area contributed by atoms with Gasteiger partial charge in [-0.05, 0) is 42.9 Å². The van der Waals surface area contributed by atoms with Crippen LogP contribution < -0.4 is 0 Å². The third kappa shape index (κ3) is 4.09. The molecule has 0 aromatic rings. The van der Waals surface area contributed by atoms with Crippen molar-refractivity contribution in [3.05, 3.63) is 0 Å². The Morgan fingerprint density at radius 1 is 0.765 bits per heavy atom. The summed E-state index contributed by atoms with van der Waals surface area (Å²) in [7, 11) is 0. The minimum absolute atomic E-state index is 0. The molecule has 100 valence electrons. The molecular formula is C15H28O2. The van der Waals surface area contributed by atoms with E-state index in [1.165, 1.54) is 38.5 Å². The van der Waals surface area contributed by atoms with Gasteiger partial charge in [-0.3, -0.25) is 4.79 Å². The van der Waals surface area contributed by atoms with Crippen LogP contribution in [-0.4, -0.2) is 11.3 Å². The van der Waals surface area contributed by atoms with E-state index in [1.807, 2.05) is 0 Å². The molecule has 2 heteroatoms. The lowest BCUT2D eigenvalue weighted by Crippen LogP contribution is -2.22. The van der Waals surface area contributed by atoms with Crippen molar-refractivity contribution < 1.29 is 10.3 Å². The summed E-state index contributed by atoms with van der Waals surface area (Å²) in [6, 6.07) is 0. The maximum atomic E-state index is 11.8. The fourth-order valence-corrected chi connectivity index (χ4v) is 3.63. The van der Waals surface area contributed by atoms with E-state index < -0.39 is 0 Å². The van der Waals surface area contributed by atoms with Crippen LogP contribution in [0.2, 0.25) is 0 Å². The fraction of sp³-hybridized carbons (Fsp3) is 0.933. The minimum atomic E-state index is 0. The summed E-state index contributed by atoms with van der Waals surface area (Å²) in [4.78, 5) is 11.8. The second-order valence-corrected chi connectivity index (χ2v) is 6.41. The number of carbonyl (C=O) groups excluding carboxylic acids is 1. The van der Waals surface area contributed by atoms with Crippen molar-refractivity contribution in [1.29, 1.82) is 0 Å². The van der Waals surface area contributed by atoms with Crippen molar-refractivity contribution in [3.8, 4) is 0 Å². The summed E-state index contributed by atoms with van der Waals surface area (Å²) in [5.41, 5.74) is 0. The van der Waals surface area contributed by atoms with Gasteiger partial charge in [0, 0.05) is 12.8 Å². The summed E-state index contributed by atoms with van der Waals surface area (Å²) in [5.74, 6) is 3.70. The number of rotatable bonds is 1. The summed E-state index contributed by atoms with van der Waals surface area (Å²) in [6.07, 6.45) is 9.88. The van der Waals surface area contributed by atoms with Crippen molar-refractivity contribution in [3.63, 3.8) is 0 Å². The molecule has 2 fully saturated rings. The van der Waals surface area contributed by atoms with Gasteiger partial charge in [-0.2, -0.15) is 0 Å². The van der Waals surface area contributed by atoms with E-state index in [-0.39, 0.29) is 5.48 Å². The molecular weight excluding hydrogens is 212 g/mol. The highest BCUT2D eigenvalue weighted by Gasteiger charge is 2.30. The van der Waals surface area contributed by atoms with Gasteiger partial charge < -0.3 is 5.48 Å². The Labute approximate surface area is 105 Å². The maximum absolute atomic E-state index is 11.8. The molecule has 0 heterocycles. The predicted molar refractivity (Wildman–Crippen MR) is 70.9 cm³/mol. The third-order valence-corrected chi connectivity index (χ3v) is 4.82. The van der Waals surface area contributed by atoms with Gasteiger partial charge >= 0.3 is 0 Å². The molecule has 2 nitrogen and oxygen atoms in total. The normalized spacial score (nSPS) is 39.3. The van der Waals surface area contributed by atoms with Crippen LogP contribution in [0.15, 0.2) is 0 Å². The first kappa shape index (κ1) is 14.7. The molecule has 2 saturated carbocycles. The van der Waals surface area contributed by atoms with E-state index in [2.05, 4.69) is 13.8 Å². The molecule has 17 heavy (non-hydrogen) atoms. The molecule has 1 unspecified atom stereocenters. The molecule has 2 N–H and O–H groups in total. The highest BCUT2D eigenvalue weighted by Crippen LogP contribution is 2.39. The lowest BCUT2D eigenvalue weighted by atomic mass is 9.74. The third-order valence-electron chi connectivity index (χ3n) is 4.82. The van der Waals surface area contributed by atoms with Gasteiger partial charge in [0.1, 0.15) is 5.78 Å². The van der Waals surface area contributed by atoms with Crippen LogP contribution in [-0.2, 0) is 4.79 Å². The lowest BCUT2D eigenvalue weighted by Gasteiger charge is -2.32. The Morgan fingerprint density at radius 3 is 1.94 bits per heavy atom. The summed E-state index contributed by atoms with van der Waals surface area (Å²) < 4.78 is 0. The molecule has 0 aromatic carbocycles. The molecule has 0 aromatic heterocycles. The van der Waals surface area contributed by atoms with E-state index in [4.69, 9.17) is 0 Å². The van der Waals surface area contributed by atoms with Crippen molar-refractivity contribution >= 4 is 5.78 Å². The van der Waals surface area contributed by atoms with Gasteiger partial charge in [-0.1, -0.05) is 33.1 Å². The molecule has 0 bridgehead atoms. The van der Waals surface area contributed by atoms with Crippen LogP contribution in [0.25, 0.3) is 0 Å². The van der Waals surface area contributed by atoms with Gasteiger partial charge in [0.15, 0.2) is 0 Å². The molecule has 0 radical (unpaired) electrons. The summed E-state index contributed by atoms with van der Waals surface area (Å²) in [6.45, 7) is 4.61. The molecule has 0 aliphatic heterocycles. The predicted octanol–water partition coefficient (Wildman–Crippen LogP) is 3.38. The number of ketones is 1. The first-order valence-corrected chi connectivity index (χ1v) is 7.17. The maximum Gasteiger partial charge on any atom is 0.133 e. The van der Waals surface area contributed by atoms with Crippen LogP contribution in [0.1, 0.15) is 65.2 Å². The Bertz CT molecular complexity index is 241. The number of hydrogen-bond acceptors (Lipinski definition) is 1. The highest BCUT2D eigenvalue weighted by atomic mass is 16.1. The van der Waals surface area contributed by atoms with E-state index in [1.54, 1.807) is 0 Å². The van der Waals surface area contributed by atoms with Gasteiger partial charge in [0.2, 0.25) is 0 Å². The summed E-state index contributed by atoms with van der Waals surface area (Å²) in [5, 5.41) is 0. The van der Waals surface area contributed by atoms with Gasteiger partial charge in [-0.25, -0.2) is 0 Å². The average molecular weight is 240 g/mol. The first-order valence-electron chi connectivity index (χ1n) is 7.17. The Hall–Kier alpha value is -0.370. The van der Waals surface area contributed by atoms with Crippen LogP contribution >= 0.6 is 0 Å². The molecule has 2 atom stereocenters. The Morgan fingerprint density at radius 2 is 1.29 bits per heavy atom. The molecule has 0 amide bonds. The highest BCUT2D eigenvalue weighted by molar-refractivity contribution is 5.79. The monoisotopic (exact) mass is 240 g/mol. The summed E-state index contributed by atoms with van der Waals surface area (Å²) >= 11 is 0.